The van der Waals surface area contributed by atoms with Crippen molar-refractivity contribution in [3.05, 3.63) is 34.3 Å². The number of carbonyl (C=O) groups is 1. The fourth-order valence-corrected chi connectivity index (χ4v) is 2.89. The summed E-state index contributed by atoms with van der Waals surface area (Å²) in [7, 11) is 1.81. The third-order valence-electron chi connectivity index (χ3n) is 3.85. The lowest BCUT2D eigenvalue weighted by Gasteiger charge is -2.35. The number of rotatable bonds is 3. The molecule has 104 valence electrons. The SMILES string of the molecule is CN(C(=O)Cc1ccc(Br)cc1)C1CCCCC1O. The summed E-state index contributed by atoms with van der Waals surface area (Å²) >= 11 is 3.38. The molecule has 0 saturated heterocycles. The van der Waals surface area contributed by atoms with Gasteiger partial charge in [-0.05, 0) is 30.5 Å². The van der Waals surface area contributed by atoms with Crippen molar-refractivity contribution in [2.24, 2.45) is 0 Å². The van der Waals surface area contributed by atoms with E-state index in [1.54, 1.807) is 11.9 Å². The van der Waals surface area contributed by atoms with Gasteiger partial charge in [0.15, 0.2) is 0 Å². The van der Waals surface area contributed by atoms with Crippen molar-refractivity contribution in [3.8, 4) is 0 Å². The molecule has 2 atom stereocenters. The molecule has 2 unspecified atom stereocenters. The molecule has 1 fully saturated rings. The van der Waals surface area contributed by atoms with Crippen LogP contribution in [0.1, 0.15) is 31.2 Å². The topological polar surface area (TPSA) is 40.5 Å². The fraction of sp³-hybridized carbons (Fsp3) is 0.533. The van der Waals surface area contributed by atoms with Crippen LogP contribution in [0.3, 0.4) is 0 Å². The number of amides is 1. The number of halogens is 1. The van der Waals surface area contributed by atoms with E-state index in [9.17, 15) is 9.90 Å². The van der Waals surface area contributed by atoms with Gasteiger partial charge in [-0.15, -0.1) is 0 Å². The van der Waals surface area contributed by atoms with Crippen LogP contribution in [0.15, 0.2) is 28.7 Å². The molecular weight excluding hydrogens is 306 g/mol. The quantitative estimate of drug-likeness (QED) is 0.928. The Labute approximate surface area is 122 Å². The summed E-state index contributed by atoms with van der Waals surface area (Å²) in [6.07, 6.45) is 3.90. The average molecular weight is 326 g/mol. The normalized spacial score (nSPS) is 23.1. The van der Waals surface area contributed by atoms with Gasteiger partial charge in [0.05, 0.1) is 18.6 Å². The molecule has 19 heavy (non-hydrogen) atoms. The minimum absolute atomic E-state index is 0.0169. The van der Waals surface area contributed by atoms with Crippen LogP contribution >= 0.6 is 15.9 Å². The van der Waals surface area contributed by atoms with E-state index in [2.05, 4.69) is 15.9 Å². The third kappa shape index (κ3) is 3.80. The van der Waals surface area contributed by atoms with Crippen molar-refractivity contribution in [2.75, 3.05) is 7.05 Å². The van der Waals surface area contributed by atoms with Crippen molar-refractivity contribution >= 4 is 21.8 Å². The predicted octanol–water partition coefficient (Wildman–Crippen LogP) is 2.75. The maximum atomic E-state index is 12.2. The molecule has 2 rings (SSSR count). The Bertz CT molecular complexity index is 432. The van der Waals surface area contributed by atoms with Gasteiger partial charge in [0, 0.05) is 11.5 Å². The van der Waals surface area contributed by atoms with Crippen LogP contribution in [-0.2, 0) is 11.2 Å². The molecule has 4 heteroatoms. The van der Waals surface area contributed by atoms with Gasteiger partial charge >= 0.3 is 0 Å². The van der Waals surface area contributed by atoms with Crippen molar-refractivity contribution in [2.45, 2.75) is 44.2 Å². The molecule has 1 aliphatic carbocycles. The van der Waals surface area contributed by atoms with Crippen LogP contribution in [0.2, 0.25) is 0 Å². The molecule has 1 aromatic rings. The number of nitrogens with zero attached hydrogens (tertiary/aromatic N) is 1. The summed E-state index contributed by atoms with van der Waals surface area (Å²) < 4.78 is 1.01. The summed E-state index contributed by atoms with van der Waals surface area (Å²) in [4.78, 5) is 14.0. The summed E-state index contributed by atoms with van der Waals surface area (Å²) in [6.45, 7) is 0. The van der Waals surface area contributed by atoms with E-state index in [-0.39, 0.29) is 18.1 Å². The largest absolute Gasteiger partial charge is 0.391 e. The Kier molecular flexibility index (Phi) is 4.99. The molecule has 1 saturated carbocycles. The van der Waals surface area contributed by atoms with E-state index in [0.29, 0.717) is 6.42 Å². The van der Waals surface area contributed by atoms with E-state index in [1.807, 2.05) is 24.3 Å². The Morgan fingerprint density at radius 3 is 2.58 bits per heavy atom. The highest BCUT2D eigenvalue weighted by Crippen LogP contribution is 2.23. The van der Waals surface area contributed by atoms with Crippen molar-refractivity contribution in [1.82, 2.24) is 4.90 Å². The van der Waals surface area contributed by atoms with Gasteiger partial charge < -0.3 is 10.0 Å². The van der Waals surface area contributed by atoms with E-state index in [1.165, 1.54) is 0 Å². The van der Waals surface area contributed by atoms with Gasteiger partial charge in [-0.2, -0.15) is 0 Å². The molecule has 0 bridgehead atoms. The van der Waals surface area contributed by atoms with Crippen LogP contribution in [0, 0.1) is 0 Å². The van der Waals surface area contributed by atoms with Crippen molar-refractivity contribution < 1.29 is 9.90 Å². The number of carbonyl (C=O) groups excluding carboxylic acids is 1. The second kappa shape index (κ2) is 6.53. The van der Waals surface area contributed by atoms with Crippen LogP contribution in [0.4, 0.5) is 0 Å². The molecule has 0 aliphatic heterocycles. The molecule has 0 radical (unpaired) electrons. The highest BCUT2D eigenvalue weighted by molar-refractivity contribution is 9.10. The monoisotopic (exact) mass is 325 g/mol. The second-order valence-electron chi connectivity index (χ2n) is 5.23. The standard InChI is InChI=1S/C15H20BrNO2/c1-17(13-4-2-3-5-14(13)18)15(19)10-11-6-8-12(16)9-7-11/h6-9,13-14,18H,2-5,10H2,1H3. The lowest BCUT2D eigenvalue weighted by atomic mass is 9.91. The minimum Gasteiger partial charge on any atom is -0.391 e. The molecule has 1 aliphatic rings. The Hall–Kier alpha value is -0.870. The van der Waals surface area contributed by atoms with Crippen molar-refractivity contribution in [1.29, 1.82) is 0 Å². The van der Waals surface area contributed by atoms with E-state index in [4.69, 9.17) is 0 Å². The van der Waals surface area contributed by atoms with E-state index >= 15 is 0 Å². The molecule has 0 heterocycles. The van der Waals surface area contributed by atoms with Crippen LogP contribution in [-0.4, -0.2) is 35.1 Å². The second-order valence-corrected chi connectivity index (χ2v) is 6.14. The Balaban J connectivity index is 1.96. The highest BCUT2D eigenvalue weighted by Gasteiger charge is 2.29. The molecule has 1 amide bonds. The van der Waals surface area contributed by atoms with Crippen LogP contribution < -0.4 is 0 Å². The lowest BCUT2D eigenvalue weighted by Crippen LogP contribution is -2.46. The Morgan fingerprint density at radius 1 is 1.32 bits per heavy atom. The van der Waals surface area contributed by atoms with Gasteiger partial charge in [0.2, 0.25) is 5.91 Å². The summed E-state index contributed by atoms with van der Waals surface area (Å²) in [6, 6.07) is 7.77. The zero-order chi connectivity index (χ0) is 13.8. The smallest absolute Gasteiger partial charge is 0.227 e. The summed E-state index contributed by atoms with van der Waals surface area (Å²) in [5.74, 6) is 0.0771. The van der Waals surface area contributed by atoms with Gasteiger partial charge in [0.25, 0.3) is 0 Å². The van der Waals surface area contributed by atoms with Gasteiger partial charge in [0.1, 0.15) is 0 Å². The number of likely N-dealkylation sites (N-methyl/N-ethyl adjacent to an activating group) is 1. The molecule has 0 aromatic heterocycles. The number of aliphatic hydroxyl groups excluding tert-OH is 1. The van der Waals surface area contributed by atoms with Crippen LogP contribution in [0.25, 0.3) is 0 Å². The summed E-state index contributed by atoms with van der Waals surface area (Å²) in [5.41, 5.74) is 1.00. The molecule has 1 aromatic carbocycles. The van der Waals surface area contributed by atoms with E-state index in [0.717, 1.165) is 35.7 Å². The summed E-state index contributed by atoms with van der Waals surface area (Å²) in [5, 5.41) is 9.99. The zero-order valence-corrected chi connectivity index (χ0v) is 12.8. The maximum absolute atomic E-state index is 12.2. The van der Waals surface area contributed by atoms with Gasteiger partial charge in [-0.3, -0.25) is 4.79 Å². The first-order valence-electron chi connectivity index (χ1n) is 6.76. The zero-order valence-electron chi connectivity index (χ0n) is 11.2. The first-order valence-corrected chi connectivity index (χ1v) is 7.55. The molecule has 1 N–H and O–H groups in total. The van der Waals surface area contributed by atoms with Crippen molar-refractivity contribution in [3.63, 3.8) is 0 Å². The van der Waals surface area contributed by atoms with Crippen LogP contribution in [0.5, 0.6) is 0 Å². The number of aliphatic hydroxyl groups is 1. The van der Waals surface area contributed by atoms with Gasteiger partial charge in [-0.1, -0.05) is 40.9 Å². The maximum Gasteiger partial charge on any atom is 0.227 e. The first-order chi connectivity index (χ1) is 9.08. The van der Waals surface area contributed by atoms with Gasteiger partial charge in [-0.25, -0.2) is 0 Å². The molecule has 0 spiro atoms. The third-order valence-corrected chi connectivity index (χ3v) is 4.38. The molecular formula is C15H20BrNO2. The predicted molar refractivity (Wildman–Crippen MR) is 78.9 cm³/mol. The number of hydrogen-bond donors (Lipinski definition) is 1. The number of benzene rings is 1. The van der Waals surface area contributed by atoms with E-state index < -0.39 is 0 Å². The highest BCUT2D eigenvalue weighted by atomic mass is 79.9. The average Bonchev–Trinajstić information content (AvgIpc) is 2.41. The molecule has 3 nitrogen and oxygen atoms in total. The first kappa shape index (κ1) is 14.5. The lowest BCUT2D eigenvalue weighted by molar-refractivity contribution is -0.134. The number of hydrogen-bond acceptors (Lipinski definition) is 2. The Morgan fingerprint density at radius 2 is 1.95 bits per heavy atom. The fourth-order valence-electron chi connectivity index (χ4n) is 2.63. The minimum atomic E-state index is -0.368.